The number of rotatable bonds is 21. The van der Waals surface area contributed by atoms with E-state index in [-0.39, 0.29) is 6.10 Å². The van der Waals surface area contributed by atoms with E-state index in [4.69, 9.17) is 4.74 Å². The van der Waals surface area contributed by atoms with E-state index in [2.05, 4.69) is 400 Å². The molecule has 0 unspecified atom stereocenters. The molecule has 0 spiro atoms. The normalized spacial score (nSPS) is 11.8. The maximum atomic E-state index is 5.44. The standard InChI is InChI=1S/C11H17NO.2C11H15N.3C11H17N.C10H15N.3C9H13N.2C8H12N2/c1-8(2)10-5-6-11(12-7-10)13-9(3)4;1-8(2)11-6-5-10(7-12-11)9-3-4-9;1-8(2)10-5-6-11(12-7-10)9-3-4-9;2*1-8(2)10-5-6-11(9(3)4)12-7-10;1-4-5-11-7-6-10(8-12-11)9(2)3;1-4-9-5-6-10(8(2)3)11-7-9;2*1-7(2)9-5-4-8(3)10-6-9;1-7(2)9-5-4-8(3)6-10-9;1-6(2)8-9-4-7(3)5-10-8;1-6(2)8-5-4-7(3)9-10-8/h5-9H,1-4H3;2*5-9H,3-4H2,1-2H3;2*5-9H,1-4H3;6-9H,4-5H2,1-3H3;5-8H,4H2,1-3H3;3*4-7H,1-3H3;2*4-6H,1-3H3. The molecule has 0 aliphatic heterocycles. The van der Waals surface area contributed by atoms with Gasteiger partial charge in [0.1, 0.15) is 5.82 Å². The second kappa shape index (κ2) is 63.7. The van der Waals surface area contributed by atoms with Crippen LogP contribution in [0.15, 0.2) is 208 Å². The first-order valence-corrected chi connectivity index (χ1v) is 50.0. The van der Waals surface area contributed by atoms with Crippen molar-refractivity contribution in [1.82, 2.24) is 70.0 Å². The molecule has 2 fully saturated rings. The van der Waals surface area contributed by atoms with Crippen LogP contribution >= 0.6 is 0 Å². The number of ether oxygens (including phenoxy) is 1. The minimum atomic E-state index is 0.192. The van der Waals surface area contributed by atoms with E-state index in [9.17, 15) is 0 Å². The third-order valence-corrected chi connectivity index (χ3v) is 22.2. The number of pyridine rings is 10. The highest BCUT2D eigenvalue weighted by molar-refractivity contribution is 5.27. The lowest BCUT2D eigenvalue weighted by atomic mass is 10.0. The minimum Gasteiger partial charge on any atom is -0.475 e. The van der Waals surface area contributed by atoms with Gasteiger partial charge in [0.25, 0.3) is 0 Å². The quantitative estimate of drug-likeness (QED) is 0.0660. The van der Waals surface area contributed by atoms with Crippen LogP contribution in [0.4, 0.5) is 0 Å². The smallest absolute Gasteiger partial charge is 0.213 e. The summed E-state index contributed by atoms with van der Waals surface area (Å²) in [5, 5.41) is 7.98. The summed E-state index contributed by atoms with van der Waals surface area (Å²) in [6.07, 6.45) is 32.3. The monoisotopic (exact) mass is 1820 g/mol. The SMILES string of the molecule is CC(C)Oc1ccc(C(C)C)cn1.CC(C)c1ccc(C(C)C)nc1.CC(C)c1ccc(C(C)C)nc1.CC(C)c1ccc(C2CC2)cn1.CC(C)c1ccc(C2CC2)nc1.CCCc1ccc(C(C)C)cn1.CCc1ccc(C(C)C)nc1.Cc1ccc(C(C)C)cn1.Cc1ccc(C(C)C)cn1.Cc1ccc(C(C)C)nc1.Cc1ccc(C(C)C)nn1.Cc1cnc(C(C)C)nc1. The van der Waals surface area contributed by atoms with Crippen molar-refractivity contribution in [1.29, 1.82) is 0 Å². The topological polar surface area (TPSA) is 190 Å². The summed E-state index contributed by atoms with van der Waals surface area (Å²) in [4.78, 5) is 51.7. The van der Waals surface area contributed by atoms with Gasteiger partial charge in [-0.1, -0.05) is 275 Å². The molecule has 15 nitrogen and oxygen atoms in total. The Morgan fingerprint density at radius 3 is 0.866 bits per heavy atom. The van der Waals surface area contributed by atoms with Crippen molar-refractivity contribution < 1.29 is 4.74 Å². The lowest BCUT2D eigenvalue weighted by molar-refractivity contribution is 0.232. The van der Waals surface area contributed by atoms with Gasteiger partial charge in [0.15, 0.2) is 0 Å². The number of hydrogen-bond acceptors (Lipinski definition) is 15. The molecular weight excluding hydrogens is 1640 g/mol. The average molecular weight is 1820 g/mol. The molecular formula is C119H176N14O. The van der Waals surface area contributed by atoms with Crippen molar-refractivity contribution in [3.05, 3.63) is 337 Å². The lowest BCUT2D eigenvalue weighted by Crippen LogP contribution is -2.06. The van der Waals surface area contributed by atoms with E-state index < -0.39 is 0 Å². The van der Waals surface area contributed by atoms with Crippen LogP contribution in [-0.4, -0.2) is 76.1 Å². The Morgan fingerprint density at radius 2 is 0.590 bits per heavy atom. The molecule has 0 bridgehead atoms. The fourth-order valence-corrected chi connectivity index (χ4v) is 12.1. The van der Waals surface area contributed by atoms with Crippen molar-refractivity contribution in [2.75, 3.05) is 0 Å². The molecule has 0 saturated heterocycles. The van der Waals surface area contributed by atoms with Gasteiger partial charge in [-0.25, -0.2) is 15.0 Å². The molecule has 15 heteroatoms. The fraction of sp³-hybridized carbons (Fsp3) is 0.513. The molecule has 12 aromatic rings. The second-order valence-electron chi connectivity index (χ2n) is 40.1. The minimum absolute atomic E-state index is 0.192. The summed E-state index contributed by atoms with van der Waals surface area (Å²) in [5.74, 6) is 10.9. The van der Waals surface area contributed by atoms with E-state index in [1.165, 1.54) is 128 Å². The molecule has 12 aromatic heterocycles. The highest BCUT2D eigenvalue weighted by atomic mass is 16.5. The summed E-state index contributed by atoms with van der Waals surface area (Å²) in [6, 6.07) is 46.5. The van der Waals surface area contributed by atoms with Crippen LogP contribution in [0.5, 0.6) is 5.88 Å². The third kappa shape index (κ3) is 49.6. The zero-order chi connectivity index (χ0) is 100. The van der Waals surface area contributed by atoms with Crippen LogP contribution in [-0.2, 0) is 12.8 Å². The number of hydrogen-bond donors (Lipinski definition) is 0. The summed E-state index contributed by atoms with van der Waals surface area (Å²) in [7, 11) is 0. The van der Waals surface area contributed by atoms with E-state index >= 15 is 0 Å². The van der Waals surface area contributed by atoms with Gasteiger partial charge in [-0.15, -0.1) is 0 Å². The Bertz CT molecular complexity index is 4360. The van der Waals surface area contributed by atoms with Crippen molar-refractivity contribution in [3.63, 3.8) is 0 Å². The van der Waals surface area contributed by atoms with Crippen LogP contribution in [0, 0.1) is 34.6 Å². The summed E-state index contributed by atoms with van der Waals surface area (Å²) >= 11 is 0. The van der Waals surface area contributed by atoms with E-state index in [0.717, 1.165) is 58.8 Å². The molecule has 2 aliphatic carbocycles. The summed E-state index contributed by atoms with van der Waals surface area (Å²) in [6.45, 7) is 78.9. The number of nitrogens with zero attached hydrogens (tertiary/aromatic N) is 14. The molecule has 2 aliphatic rings. The Morgan fingerprint density at radius 1 is 0.254 bits per heavy atom. The van der Waals surface area contributed by atoms with E-state index in [1.807, 2.05) is 134 Å². The van der Waals surface area contributed by atoms with E-state index in [1.54, 1.807) is 0 Å². The van der Waals surface area contributed by atoms with Crippen molar-refractivity contribution in [2.45, 2.75) is 402 Å². The van der Waals surface area contributed by atoms with Gasteiger partial charge in [0.05, 0.1) is 17.5 Å². The first-order valence-electron chi connectivity index (χ1n) is 50.0. The van der Waals surface area contributed by atoms with Crippen molar-refractivity contribution >= 4 is 0 Å². The van der Waals surface area contributed by atoms with Crippen LogP contribution in [0.3, 0.4) is 0 Å². The van der Waals surface area contributed by atoms with Crippen LogP contribution in [0.1, 0.15) is 478 Å². The van der Waals surface area contributed by atoms with Crippen molar-refractivity contribution in [3.8, 4) is 5.88 Å². The fourth-order valence-electron chi connectivity index (χ4n) is 12.1. The highest BCUT2D eigenvalue weighted by Gasteiger charge is 2.25. The van der Waals surface area contributed by atoms with Gasteiger partial charge in [0.2, 0.25) is 5.88 Å². The van der Waals surface area contributed by atoms with Gasteiger partial charge >= 0.3 is 0 Å². The van der Waals surface area contributed by atoms with Gasteiger partial charge < -0.3 is 4.74 Å². The zero-order valence-corrected chi connectivity index (χ0v) is 90.1. The Balaban J connectivity index is 0.000000377. The maximum absolute atomic E-state index is 5.44. The molecule has 0 aromatic carbocycles. The van der Waals surface area contributed by atoms with Crippen LogP contribution < -0.4 is 4.74 Å². The van der Waals surface area contributed by atoms with Gasteiger partial charge in [0, 0.05) is 144 Å². The second-order valence-corrected chi connectivity index (χ2v) is 40.1. The van der Waals surface area contributed by atoms with Gasteiger partial charge in [-0.05, 0) is 298 Å². The Labute approximate surface area is 815 Å². The molecule has 2 saturated carbocycles. The van der Waals surface area contributed by atoms with Crippen molar-refractivity contribution in [2.24, 2.45) is 0 Å². The van der Waals surface area contributed by atoms with Crippen LogP contribution in [0.25, 0.3) is 0 Å². The summed E-state index contributed by atoms with van der Waals surface area (Å²) < 4.78 is 5.44. The molecule has 14 rings (SSSR count). The maximum Gasteiger partial charge on any atom is 0.213 e. The molecule has 12 heterocycles. The summed E-state index contributed by atoms with van der Waals surface area (Å²) in [5.41, 5.74) is 26.9. The molecule has 0 radical (unpaired) electrons. The number of aromatic nitrogens is 14. The molecule has 0 N–H and O–H groups in total. The first kappa shape index (κ1) is 118. The van der Waals surface area contributed by atoms with Gasteiger partial charge in [-0.3, -0.25) is 44.9 Å². The largest absolute Gasteiger partial charge is 0.475 e. The lowest BCUT2D eigenvalue weighted by Gasteiger charge is -2.09. The molecule has 728 valence electrons. The molecule has 0 atom stereocenters. The van der Waals surface area contributed by atoms with Gasteiger partial charge in [-0.2, -0.15) is 10.2 Å². The van der Waals surface area contributed by atoms with E-state index in [0.29, 0.717) is 88.7 Å². The third-order valence-electron chi connectivity index (χ3n) is 22.2. The molecule has 134 heavy (non-hydrogen) atoms. The van der Waals surface area contributed by atoms with Crippen LogP contribution in [0.2, 0.25) is 0 Å². The highest BCUT2D eigenvalue weighted by Crippen LogP contribution is 2.40. The first-order chi connectivity index (χ1) is 63.3. The number of aryl methyl sites for hydroxylation is 7. The average Bonchev–Trinajstić information content (AvgIpc) is 1.56. The predicted octanol–water partition coefficient (Wildman–Crippen LogP) is 33.1. The Hall–Kier alpha value is -10.5. The molecule has 0 amide bonds. The zero-order valence-electron chi connectivity index (χ0n) is 90.1. The Kier molecular flexibility index (Phi) is 55.9. The predicted molar refractivity (Wildman–Crippen MR) is 570 cm³/mol.